The van der Waals surface area contributed by atoms with Gasteiger partial charge in [-0.1, -0.05) is 30.3 Å². The van der Waals surface area contributed by atoms with Crippen LogP contribution in [0, 0.1) is 5.82 Å². The minimum atomic E-state index is -0.665. The van der Waals surface area contributed by atoms with Gasteiger partial charge >= 0.3 is 0 Å². The number of halogens is 1. The van der Waals surface area contributed by atoms with Crippen LogP contribution < -0.4 is 10.1 Å². The summed E-state index contributed by atoms with van der Waals surface area (Å²) in [5.41, 5.74) is 1.22. The fourth-order valence-electron chi connectivity index (χ4n) is 2.79. The maximum atomic E-state index is 14.3. The number of methoxy groups -OCH3 is 1. The Morgan fingerprint density at radius 2 is 1.96 bits per heavy atom. The molecular weight excluding hydrogens is 333 g/mol. The number of aromatic nitrogens is 2. The fourth-order valence-corrected chi connectivity index (χ4v) is 2.79. The van der Waals surface area contributed by atoms with Crippen molar-refractivity contribution in [3.63, 3.8) is 0 Å². The Balaban J connectivity index is 1.82. The van der Waals surface area contributed by atoms with Crippen molar-refractivity contribution in [2.24, 2.45) is 7.05 Å². The Morgan fingerprint density at radius 1 is 1.23 bits per heavy atom. The number of carbonyl (C=O) groups excluding carboxylic acids is 1. The van der Waals surface area contributed by atoms with Gasteiger partial charge in [0.1, 0.15) is 23.4 Å². The van der Waals surface area contributed by atoms with Crippen molar-refractivity contribution in [3.8, 4) is 5.75 Å². The van der Waals surface area contributed by atoms with Crippen LogP contribution in [-0.4, -0.2) is 22.6 Å². The quantitative estimate of drug-likeness (QED) is 0.741. The van der Waals surface area contributed by atoms with Crippen molar-refractivity contribution in [1.82, 2.24) is 14.9 Å². The van der Waals surface area contributed by atoms with Crippen molar-refractivity contribution in [2.75, 3.05) is 7.11 Å². The maximum Gasteiger partial charge on any atom is 0.225 e. The molecule has 0 aliphatic rings. The molecule has 1 heterocycles. The van der Waals surface area contributed by atoms with Gasteiger partial charge in [0.05, 0.1) is 13.5 Å². The normalized spacial score (nSPS) is 11.8. The number of carbonyl (C=O) groups is 1. The van der Waals surface area contributed by atoms with E-state index in [-0.39, 0.29) is 18.1 Å². The topological polar surface area (TPSA) is 56.1 Å². The van der Waals surface area contributed by atoms with E-state index < -0.39 is 6.04 Å². The number of ether oxygens (including phenoxy) is 1. The second-order valence-corrected chi connectivity index (χ2v) is 5.94. The fraction of sp³-hybridized carbons (Fsp3) is 0.200. The first-order chi connectivity index (χ1) is 12.6. The molecule has 0 aliphatic carbocycles. The molecule has 0 bridgehead atoms. The van der Waals surface area contributed by atoms with Gasteiger partial charge in [-0.2, -0.15) is 0 Å². The van der Waals surface area contributed by atoms with Crippen LogP contribution in [0.5, 0.6) is 5.75 Å². The van der Waals surface area contributed by atoms with Gasteiger partial charge in [-0.15, -0.1) is 0 Å². The molecule has 1 amide bonds. The molecule has 1 atom stereocenters. The van der Waals surface area contributed by atoms with Crippen molar-refractivity contribution in [1.29, 1.82) is 0 Å². The number of aryl methyl sites for hydroxylation is 1. The molecule has 0 fully saturated rings. The molecule has 1 aromatic heterocycles. The van der Waals surface area contributed by atoms with E-state index in [2.05, 4.69) is 10.3 Å². The summed E-state index contributed by atoms with van der Waals surface area (Å²) >= 11 is 0. The molecule has 0 unspecified atom stereocenters. The second-order valence-electron chi connectivity index (χ2n) is 5.94. The first-order valence-electron chi connectivity index (χ1n) is 8.22. The molecule has 3 aromatic rings. The summed E-state index contributed by atoms with van der Waals surface area (Å²) in [4.78, 5) is 16.8. The largest absolute Gasteiger partial charge is 0.497 e. The van der Waals surface area contributed by atoms with E-state index in [9.17, 15) is 9.18 Å². The molecule has 134 valence electrons. The van der Waals surface area contributed by atoms with Crippen LogP contribution in [0.2, 0.25) is 0 Å². The first-order valence-corrected chi connectivity index (χ1v) is 8.22. The van der Waals surface area contributed by atoms with Crippen molar-refractivity contribution >= 4 is 5.91 Å². The molecule has 0 saturated heterocycles. The second kappa shape index (κ2) is 7.82. The molecule has 5 nitrogen and oxygen atoms in total. The highest BCUT2D eigenvalue weighted by Gasteiger charge is 2.23. The zero-order valence-electron chi connectivity index (χ0n) is 14.6. The number of imidazole rings is 1. The average molecular weight is 353 g/mol. The molecule has 3 rings (SSSR count). The van der Waals surface area contributed by atoms with E-state index in [0.29, 0.717) is 11.4 Å². The van der Waals surface area contributed by atoms with Gasteiger partial charge in [-0.05, 0) is 23.8 Å². The van der Waals surface area contributed by atoms with E-state index in [0.717, 1.165) is 11.3 Å². The molecule has 1 N–H and O–H groups in total. The SMILES string of the molecule is COc1ccc(CC(=O)N[C@H](c2ccccc2F)c2nccn2C)cc1. The molecule has 0 saturated carbocycles. The van der Waals surface area contributed by atoms with E-state index in [4.69, 9.17) is 4.74 Å². The summed E-state index contributed by atoms with van der Waals surface area (Å²) in [6.07, 6.45) is 3.57. The third-order valence-corrected chi connectivity index (χ3v) is 4.16. The van der Waals surface area contributed by atoms with Crippen molar-refractivity contribution in [2.45, 2.75) is 12.5 Å². The van der Waals surface area contributed by atoms with Gasteiger partial charge in [0, 0.05) is 25.0 Å². The summed E-state index contributed by atoms with van der Waals surface area (Å²) in [7, 11) is 3.40. The van der Waals surface area contributed by atoms with Crippen LogP contribution in [0.3, 0.4) is 0 Å². The zero-order valence-corrected chi connectivity index (χ0v) is 14.6. The van der Waals surface area contributed by atoms with E-state index in [1.807, 2.05) is 19.2 Å². The number of hydrogen-bond acceptors (Lipinski definition) is 3. The Labute approximate surface area is 151 Å². The van der Waals surface area contributed by atoms with E-state index in [1.54, 1.807) is 54.4 Å². The summed E-state index contributed by atoms with van der Waals surface area (Å²) in [5, 5.41) is 2.90. The van der Waals surface area contributed by atoms with Gasteiger partial charge in [0.25, 0.3) is 0 Å². The molecular formula is C20H20FN3O2. The van der Waals surface area contributed by atoms with Gasteiger partial charge < -0.3 is 14.6 Å². The van der Waals surface area contributed by atoms with Gasteiger partial charge in [-0.3, -0.25) is 4.79 Å². The average Bonchev–Trinajstić information content (AvgIpc) is 3.07. The van der Waals surface area contributed by atoms with Crippen LogP contribution in [-0.2, 0) is 18.3 Å². The lowest BCUT2D eigenvalue weighted by molar-refractivity contribution is -0.121. The van der Waals surface area contributed by atoms with Crippen molar-refractivity contribution < 1.29 is 13.9 Å². The first kappa shape index (κ1) is 17.7. The van der Waals surface area contributed by atoms with Crippen LogP contribution in [0.25, 0.3) is 0 Å². The summed E-state index contributed by atoms with van der Waals surface area (Å²) in [6.45, 7) is 0. The number of hydrogen-bond donors (Lipinski definition) is 1. The molecule has 6 heteroatoms. The Hall–Kier alpha value is -3.15. The summed E-state index contributed by atoms with van der Waals surface area (Å²) < 4.78 is 21.2. The summed E-state index contributed by atoms with van der Waals surface area (Å²) in [6, 6.07) is 13.0. The number of rotatable bonds is 6. The minimum absolute atomic E-state index is 0.180. The highest BCUT2D eigenvalue weighted by molar-refractivity contribution is 5.79. The van der Waals surface area contributed by atoms with E-state index >= 15 is 0 Å². The van der Waals surface area contributed by atoms with Crippen LogP contribution in [0.15, 0.2) is 60.9 Å². The number of nitrogens with zero attached hydrogens (tertiary/aromatic N) is 2. The summed E-state index contributed by atoms with van der Waals surface area (Å²) in [5.74, 6) is 0.696. The minimum Gasteiger partial charge on any atom is -0.497 e. The zero-order chi connectivity index (χ0) is 18.5. The molecule has 0 radical (unpaired) electrons. The van der Waals surface area contributed by atoms with Crippen LogP contribution in [0.4, 0.5) is 4.39 Å². The lowest BCUT2D eigenvalue weighted by atomic mass is 10.0. The van der Waals surface area contributed by atoms with Crippen LogP contribution in [0.1, 0.15) is 23.0 Å². The molecule has 2 aromatic carbocycles. The third kappa shape index (κ3) is 3.91. The van der Waals surface area contributed by atoms with Gasteiger partial charge in [0.2, 0.25) is 5.91 Å². The van der Waals surface area contributed by atoms with Gasteiger partial charge in [0.15, 0.2) is 0 Å². The molecule has 26 heavy (non-hydrogen) atoms. The molecule has 0 aliphatic heterocycles. The smallest absolute Gasteiger partial charge is 0.225 e. The standard InChI is InChI=1S/C20H20FN3O2/c1-24-12-11-22-20(24)19(16-5-3-4-6-17(16)21)23-18(25)13-14-7-9-15(26-2)10-8-14/h3-12,19H,13H2,1-2H3,(H,23,25)/t19-/m1/s1. The van der Waals surface area contributed by atoms with Crippen LogP contribution >= 0.6 is 0 Å². The number of amides is 1. The molecule has 0 spiro atoms. The van der Waals surface area contributed by atoms with Crippen molar-refractivity contribution in [3.05, 3.63) is 83.7 Å². The monoisotopic (exact) mass is 353 g/mol. The van der Waals surface area contributed by atoms with Gasteiger partial charge in [-0.25, -0.2) is 9.37 Å². The lowest BCUT2D eigenvalue weighted by Gasteiger charge is -2.20. The Bertz CT molecular complexity index is 890. The maximum absolute atomic E-state index is 14.3. The highest BCUT2D eigenvalue weighted by atomic mass is 19.1. The number of benzene rings is 2. The lowest BCUT2D eigenvalue weighted by Crippen LogP contribution is -2.32. The van der Waals surface area contributed by atoms with E-state index in [1.165, 1.54) is 6.07 Å². The Morgan fingerprint density at radius 3 is 2.58 bits per heavy atom. The third-order valence-electron chi connectivity index (χ3n) is 4.16. The highest BCUT2D eigenvalue weighted by Crippen LogP contribution is 2.23. The predicted octanol–water partition coefficient (Wildman–Crippen LogP) is 3.02. The Kier molecular flexibility index (Phi) is 5.31. The number of nitrogens with one attached hydrogen (secondary N) is 1. The predicted molar refractivity (Wildman–Crippen MR) is 96.3 cm³/mol.